The minimum atomic E-state index is -0.922. The molecule has 0 fully saturated rings. The highest BCUT2D eigenvalue weighted by Gasteiger charge is 2.22. The van der Waals surface area contributed by atoms with Crippen LogP contribution in [0.5, 0.6) is 0 Å². The van der Waals surface area contributed by atoms with Crippen molar-refractivity contribution >= 4 is 11.7 Å². The molecule has 6 heteroatoms. The highest BCUT2D eigenvalue weighted by Crippen LogP contribution is 2.08. The molecule has 100 valence electrons. The summed E-state index contributed by atoms with van der Waals surface area (Å²) in [5.41, 5.74) is 5.87. The molecule has 1 amide bonds. The molecule has 0 bridgehead atoms. The fourth-order valence-electron chi connectivity index (χ4n) is 1.47. The summed E-state index contributed by atoms with van der Waals surface area (Å²) in [6.07, 6.45) is 5.27. The van der Waals surface area contributed by atoms with Crippen LogP contribution in [0.25, 0.3) is 0 Å². The lowest BCUT2D eigenvalue weighted by atomic mass is 10.1. The Balaban J connectivity index is 2.02. The summed E-state index contributed by atoms with van der Waals surface area (Å²) in [6, 6.07) is 5.58. The van der Waals surface area contributed by atoms with Gasteiger partial charge < -0.3 is 11.1 Å². The van der Waals surface area contributed by atoms with Crippen LogP contribution in [0.15, 0.2) is 36.8 Å². The number of carbonyl (C=O) groups is 1. The van der Waals surface area contributed by atoms with Crippen molar-refractivity contribution in [2.75, 3.05) is 5.32 Å². The molecule has 0 aliphatic rings. The Labute approximate surface area is 111 Å². The minimum absolute atomic E-state index is 0.262. The van der Waals surface area contributed by atoms with Crippen molar-refractivity contribution in [1.82, 2.24) is 14.8 Å². The van der Waals surface area contributed by atoms with E-state index in [4.69, 9.17) is 5.73 Å². The molecule has 0 saturated carbocycles. The first-order chi connectivity index (χ1) is 8.95. The van der Waals surface area contributed by atoms with Gasteiger partial charge in [-0.15, -0.1) is 0 Å². The molecule has 0 aliphatic carbocycles. The molecule has 2 rings (SSSR count). The Hall–Kier alpha value is -2.21. The Kier molecular flexibility index (Phi) is 3.62. The molecule has 2 heterocycles. The fourth-order valence-corrected chi connectivity index (χ4v) is 1.47. The summed E-state index contributed by atoms with van der Waals surface area (Å²) < 4.78 is 1.74. The van der Waals surface area contributed by atoms with Crippen LogP contribution >= 0.6 is 0 Å². The first kappa shape index (κ1) is 13.2. The van der Waals surface area contributed by atoms with Crippen LogP contribution in [0.2, 0.25) is 0 Å². The van der Waals surface area contributed by atoms with Crippen molar-refractivity contribution in [3.05, 3.63) is 42.4 Å². The first-order valence-corrected chi connectivity index (χ1v) is 5.98. The van der Waals surface area contributed by atoms with Crippen LogP contribution < -0.4 is 11.1 Å². The van der Waals surface area contributed by atoms with E-state index in [1.807, 2.05) is 12.1 Å². The zero-order chi connectivity index (χ0) is 13.9. The zero-order valence-electron chi connectivity index (χ0n) is 11.0. The van der Waals surface area contributed by atoms with Gasteiger partial charge in [0.25, 0.3) is 0 Å². The van der Waals surface area contributed by atoms with Crippen LogP contribution in [0.3, 0.4) is 0 Å². The number of anilines is 1. The van der Waals surface area contributed by atoms with Gasteiger partial charge >= 0.3 is 0 Å². The van der Waals surface area contributed by atoms with Gasteiger partial charge in [-0.25, -0.2) is 0 Å². The summed E-state index contributed by atoms with van der Waals surface area (Å²) in [6.45, 7) is 3.93. The minimum Gasteiger partial charge on any atom is -0.318 e. The van der Waals surface area contributed by atoms with Gasteiger partial charge in [-0.2, -0.15) is 5.10 Å². The third-order valence-corrected chi connectivity index (χ3v) is 2.56. The maximum atomic E-state index is 11.7. The van der Waals surface area contributed by atoms with E-state index in [-0.39, 0.29) is 5.91 Å². The van der Waals surface area contributed by atoms with E-state index in [1.165, 1.54) is 0 Å². The predicted octanol–water partition coefficient (Wildman–Crippen LogP) is 1.00. The van der Waals surface area contributed by atoms with E-state index in [1.54, 1.807) is 43.2 Å². The third kappa shape index (κ3) is 3.62. The number of carbonyl (C=O) groups excluding carboxylic acids is 1. The normalized spacial score (nSPS) is 11.3. The molecule has 0 spiro atoms. The lowest BCUT2D eigenvalue weighted by molar-refractivity contribution is -0.120. The molecule has 2 aromatic rings. The monoisotopic (exact) mass is 259 g/mol. The number of nitrogens with two attached hydrogens (primary N) is 1. The summed E-state index contributed by atoms with van der Waals surface area (Å²) >= 11 is 0. The molecule has 3 N–H and O–H groups in total. The predicted molar refractivity (Wildman–Crippen MR) is 72.5 cm³/mol. The second-order valence-electron chi connectivity index (χ2n) is 4.93. The molecule has 0 radical (unpaired) electrons. The highest BCUT2D eigenvalue weighted by molar-refractivity contribution is 5.96. The number of nitrogens with one attached hydrogen (secondary N) is 1. The van der Waals surface area contributed by atoms with E-state index in [9.17, 15) is 4.79 Å². The van der Waals surface area contributed by atoms with Gasteiger partial charge in [0.15, 0.2) is 5.82 Å². The van der Waals surface area contributed by atoms with Crippen LogP contribution in [0.4, 0.5) is 5.82 Å². The molecule has 2 aromatic heterocycles. The molecule has 0 unspecified atom stereocenters. The van der Waals surface area contributed by atoms with Gasteiger partial charge in [-0.3, -0.25) is 14.5 Å². The molecular weight excluding hydrogens is 242 g/mol. The fraction of sp³-hybridized carbons (Fsp3) is 0.308. The van der Waals surface area contributed by atoms with Crippen LogP contribution in [-0.4, -0.2) is 26.2 Å². The Morgan fingerprint density at radius 3 is 2.68 bits per heavy atom. The van der Waals surface area contributed by atoms with Gasteiger partial charge in [0, 0.05) is 24.7 Å². The van der Waals surface area contributed by atoms with Gasteiger partial charge in [0.05, 0.1) is 12.1 Å². The lowest BCUT2D eigenvalue weighted by Gasteiger charge is -2.16. The molecule has 6 nitrogen and oxygen atoms in total. The Bertz CT molecular complexity index is 556. The second kappa shape index (κ2) is 5.19. The molecule has 0 atom stereocenters. The Morgan fingerprint density at radius 2 is 2.05 bits per heavy atom. The van der Waals surface area contributed by atoms with Gasteiger partial charge in [0.1, 0.15) is 0 Å². The van der Waals surface area contributed by atoms with Gasteiger partial charge in [-0.1, -0.05) is 0 Å². The molecule has 0 aromatic carbocycles. The Morgan fingerprint density at radius 1 is 1.37 bits per heavy atom. The molecule has 19 heavy (non-hydrogen) atoms. The number of pyridine rings is 1. The molecule has 0 saturated heterocycles. The number of amides is 1. The van der Waals surface area contributed by atoms with Crippen molar-refractivity contribution in [2.24, 2.45) is 5.73 Å². The number of hydrogen-bond acceptors (Lipinski definition) is 4. The summed E-state index contributed by atoms with van der Waals surface area (Å²) in [7, 11) is 0. The standard InChI is InChI=1S/C13H17N5O/c1-13(2,14)12(19)16-11-5-8-18(17-11)9-10-3-6-15-7-4-10/h3-8H,9,14H2,1-2H3,(H,16,17,19). The quantitative estimate of drug-likeness (QED) is 0.857. The largest absolute Gasteiger partial charge is 0.318 e. The molecule has 0 aliphatic heterocycles. The smallest absolute Gasteiger partial charge is 0.245 e. The van der Waals surface area contributed by atoms with Gasteiger partial charge in [0.2, 0.25) is 5.91 Å². The maximum Gasteiger partial charge on any atom is 0.245 e. The van der Waals surface area contributed by atoms with E-state index in [0.29, 0.717) is 12.4 Å². The van der Waals surface area contributed by atoms with Crippen molar-refractivity contribution < 1.29 is 4.79 Å². The highest BCUT2D eigenvalue weighted by atomic mass is 16.2. The number of rotatable bonds is 4. The van der Waals surface area contributed by atoms with Gasteiger partial charge in [-0.05, 0) is 31.5 Å². The third-order valence-electron chi connectivity index (χ3n) is 2.56. The van der Waals surface area contributed by atoms with Crippen LogP contribution in [0, 0.1) is 0 Å². The second-order valence-corrected chi connectivity index (χ2v) is 4.93. The summed E-state index contributed by atoms with van der Waals surface area (Å²) in [5, 5.41) is 6.95. The number of hydrogen-bond donors (Lipinski definition) is 2. The topological polar surface area (TPSA) is 85.8 Å². The average Bonchev–Trinajstić information content (AvgIpc) is 2.76. The average molecular weight is 259 g/mol. The van der Waals surface area contributed by atoms with Crippen molar-refractivity contribution in [2.45, 2.75) is 25.9 Å². The van der Waals surface area contributed by atoms with Crippen LogP contribution in [-0.2, 0) is 11.3 Å². The van der Waals surface area contributed by atoms with Crippen LogP contribution in [0.1, 0.15) is 19.4 Å². The summed E-state index contributed by atoms with van der Waals surface area (Å²) in [5.74, 6) is 0.235. The van der Waals surface area contributed by atoms with Crippen molar-refractivity contribution in [3.63, 3.8) is 0 Å². The SMILES string of the molecule is CC(C)(N)C(=O)Nc1ccn(Cc2ccncc2)n1. The summed E-state index contributed by atoms with van der Waals surface area (Å²) in [4.78, 5) is 15.7. The number of aromatic nitrogens is 3. The number of nitrogens with zero attached hydrogens (tertiary/aromatic N) is 3. The zero-order valence-corrected chi connectivity index (χ0v) is 11.0. The van der Waals surface area contributed by atoms with E-state index < -0.39 is 5.54 Å². The van der Waals surface area contributed by atoms with E-state index in [2.05, 4.69) is 15.4 Å². The van der Waals surface area contributed by atoms with E-state index >= 15 is 0 Å². The maximum absolute atomic E-state index is 11.7. The van der Waals surface area contributed by atoms with E-state index in [0.717, 1.165) is 5.56 Å². The van der Waals surface area contributed by atoms with Crippen molar-refractivity contribution in [1.29, 1.82) is 0 Å². The first-order valence-electron chi connectivity index (χ1n) is 5.98. The van der Waals surface area contributed by atoms with Crippen molar-refractivity contribution in [3.8, 4) is 0 Å². The lowest BCUT2D eigenvalue weighted by Crippen LogP contribution is -2.45. The molecular formula is C13H17N5O.